The molecule has 7 nitrogen and oxygen atoms in total. The molecule has 37 heavy (non-hydrogen) atoms. The lowest BCUT2D eigenvalue weighted by molar-refractivity contribution is 0.0833. The van der Waals surface area contributed by atoms with E-state index >= 15 is 0 Å². The van der Waals surface area contributed by atoms with Crippen LogP contribution in [0.15, 0.2) is 77.6 Å². The predicted octanol–water partition coefficient (Wildman–Crippen LogP) is 4.97. The van der Waals surface area contributed by atoms with Crippen LogP contribution < -0.4 is 24.9 Å². The minimum atomic E-state index is -1.95. The van der Waals surface area contributed by atoms with Gasteiger partial charge in [0.15, 0.2) is 4.96 Å². The molecule has 0 saturated carbocycles. The summed E-state index contributed by atoms with van der Waals surface area (Å²) >= 11 is 19.5. The molecule has 0 aliphatic carbocycles. The fraction of sp³-hybridized carbons (Fsp3) is 0.115. The van der Waals surface area contributed by atoms with E-state index in [2.05, 4.69) is 10.3 Å². The highest BCUT2D eigenvalue weighted by Crippen LogP contribution is 2.32. The average molecular weight is 575 g/mol. The Balaban J connectivity index is 1.35. The summed E-state index contributed by atoms with van der Waals surface area (Å²) in [5.41, 5.74) is 2.53. The van der Waals surface area contributed by atoms with Gasteiger partial charge in [-0.1, -0.05) is 70.4 Å². The third-order valence-electron chi connectivity index (χ3n) is 5.49. The van der Waals surface area contributed by atoms with Gasteiger partial charge in [-0.15, -0.1) is 0 Å². The number of rotatable bonds is 6. The Morgan fingerprint density at radius 3 is 2.38 bits per heavy atom. The first-order chi connectivity index (χ1) is 17.7. The summed E-state index contributed by atoms with van der Waals surface area (Å²) in [7, 11) is 1.53. The molecular formula is C26H18Cl3N3O4S. The number of para-hydroxylation sites is 2. The number of hydrogen-bond acceptors (Lipinski definition) is 6. The van der Waals surface area contributed by atoms with Crippen molar-refractivity contribution in [2.75, 3.05) is 7.11 Å². The van der Waals surface area contributed by atoms with Crippen LogP contribution in [0.4, 0.5) is 0 Å². The maximum Gasteiger partial charge on any atom is 0.274 e. The molecule has 1 N–H and O–H groups in total. The minimum Gasteiger partial charge on any atom is -0.497 e. The number of nitrogens with one attached hydrogen (secondary N) is 1. The van der Waals surface area contributed by atoms with Crippen LogP contribution in [-0.4, -0.2) is 32.4 Å². The lowest BCUT2D eigenvalue weighted by Crippen LogP contribution is -2.47. The molecule has 3 aromatic carbocycles. The summed E-state index contributed by atoms with van der Waals surface area (Å²) in [5.74, 6) is 0.483. The van der Waals surface area contributed by atoms with Crippen LogP contribution in [0.25, 0.3) is 22.1 Å². The van der Waals surface area contributed by atoms with Crippen molar-refractivity contribution in [2.45, 2.75) is 10.0 Å². The van der Waals surface area contributed by atoms with Crippen LogP contribution in [0, 0.1) is 0 Å². The summed E-state index contributed by atoms with van der Waals surface area (Å²) in [6.07, 6.45) is 0.506. The molecule has 0 bridgehead atoms. The van der Waals surface area contributed by atoms with E-state index in [1.165, 1.54) is 18.4 Å². The fourth-order valence-corrected chi connectivity index (χ4v) is 4.95. The van der Waals surface area contributed by atoms with E-state index in [1.807, 2.05) is 24.3 Å². The minimum absolute atomic E-state index is 0.133. The third kappa shape index (κ3) is 5.38. The van der Waals surface area contributed by atoms with Gasteiger partial charge in [0, 0.05) is 5.56 Å². The first kappa shape index (κ1) is 25.4. The predicted molar refractivity (Wildman–Crippen MR) is 147 cm³/mol. The lowest BCUT2D eigenvalue weighted by atomic mass is 10.2. The van der Waals surface area contributed by atoms with E-state index in [1.54, 1.807) is 59.0 Å². The molecule has 5 rings (SSSR count). The van der Waals surface area contributed by atoms with Crippen molar-refractivity contribution >= 4 is 74.1 Å². The SMILES string of the molecule is COc1ccc(C(=O)NC(Oc2ccc(C=c3sc4nc5ccccc5n4c3=O)cc2)C(Cl)(Cl)Cl)cc1. The number of halogens is 3. The van der Waals surface area contributed by atoms with Crippen LogP contribution >= 0.6 is 46.1 Å². The van der Waals surface area contributed by atoms with Gasteiger partial charge in [-0.05, 0) is 60.2 Å². The zero-order valence-corrected chi connectivity index (χ0v) is 22.2. The van der Waals surface area contributed by atoms with Crippen LogP contribution in [0.5, 0.6) is 11.5 Å². The number of carbonyl (C=O) groups excluding carboxylic acids is 1. The van der Waals surface area contributed by atoms with Gasteiger partial charge >= 0.3 is 0 Å². The van der Waals surface area contributed by atoms with Crippen LogP contribution in [0.3, 0.4) is 0 Å². The second-order valence-corrected chi connectivity index (χ2v) is 11.3. The number of benzene rings is 3. The van der Waals surface area contributed by atoms with Crippen molar-refractivity contribution in [3.05, 3.63) is 98.8 Å². The molecular weight excluding hydrogens is 557 g/mol. The second-order valence-electron chi connectivity index (χ2n) is 7.94. The highest BCUT2D eigenvalue weighted by Gasteiger charge is 2.36. The smallest absolute Gasteiger partial charge is 0.274 e. The highest BCUT2D eigenvalue weighted by atomic mass is 35.6. The number of aromatic nitrogens is 2. The van der Waals surface area contributed by atoms with E-state index < -0.39 is 15.9 Å². The molecule has 1 amide bonds. The summed E-state index contributed by atoms with van der Waals surface area (Å²) in [6.45, 7) is 0. The number of fused-ring (bicyclic) bond motifs is 3. The van der Waals surface area contributed by atoms with E-state index in [0.717, 1.165) is 16.6 Å². The molecule has 188 valence electrons. The van der Waals surface area contributed by atoms with Crippen molar-refractivity contribution in [1.29, 1.82) is 0 Å². The average Bonchev–Trinajstić information content (AvgIpc) is 3.40. The van der Waals surface area contributed by atoms with Crippen molar-refractivity contribution in [1.82, 2.24) is 14.7 Å². The van der Waals surface area contributed by atoms with Gasteiger partial charge in [-0.3, -0.25) is 9.59 Å². The molecule has 0 spiro atoms. The number of imidazole rings is 1. The molecule has 5 aromatic rings. The first-order valence-corrected chi connectivity index (χ1v) is 12.9. The zero-order valence-electron chi connectivity index (χ0n) is 19.2. The van der Waals surface area contributed by atoms with Gasteiger partial charge in [0.25, 0.3) is 11.5 Å². The number of amides is 1. The van der Waals surface area contributed by atoms with Crippen LogP contribution in [0.1, 0.15) is 15.9 Å². The van der Waals surface area contributed by atoms with E-state index in [-0.39, 0.29) is 5.56 Å². The Kier molecular flexibility index (Phi) is 7.00. The summed E-state index contributed by atoms with van der Waals surface area (Å²) in [5, 5.41) is 2.59. The number of alkyl halides is 3. The number of carbonyl (C=O) groups is 1. The fourth-order valence-electron chi connectivity index (χ4n) is 3.66. The third-order valence-corrected chi connectivity index (χ3v) is 7.05. The van der Waals surface area contributed by atoms with E-state index in [4.69, 9.17) is 44.3 Å². The molecule has 11 heteroatoms. The largest absolute Gasteiger partial charge is 0.497 e. The Morgan fingerprint density at radius 2 is 1.70 bits per heavy atom. The molecule has 2 heterocycles. The normalized spacial score (nSPS) is 13.1. The van der Waals surface area contributed by atoms with E-state index in [9.17, 15) is 9.59 Å². The maximum atomic E-state index is 13.0. The van der Waals surface area contributed by atoms with Crippen LogP contribution in [0.2, 0.25) is 0 Å². The summed E-state index contributed by atoms with van der Waals surface area (Å²) in [4.78, 5) is 30.8. The monoisotopic (exact) mass is 573 g/mol. The Labute approximate surface area is 229 Å². The van der Waals surface area contributed by atoms with Gasteiger partial charge in [0.1, 0.15) is 11.5 Å². The van der Waals surface area contributed by atoms with Crippen molar-refractivity contribution in [3.63, 3.8) is 0 Å². The standard InChI is InChI=1S/C26H18Cl3N3O4S/c1-35-17-12-8-16(9-13-17)22(33)31-24(26(27,28)29)36-18-10-6-15(7-11-18)14-21-23(34)32-20-5-3-2-4-19(20)30-25(32)37-21/h2-14,24H,1H3,(H,31,33). The van der Waals surface area contributed by atoms with Gasteiger partial charge in [0.05, 0.1) is 22.7 Å². The molecule has 0 radical (unpaired) electrons. The van der Waals surface area contributed by atoms with Crippen molar-refractivity contribution in [2.24, 2.45) is 0 Å². The van der Waals surface area contributed by atoms with Gasteiger partial charge in [0.2, 0.25) is 10.0 Å². The molecule has 0 saturated heterocycles. The molecule has 2 aromatic heterocycles. The van der Waals surface area contributed by atoms with Gasteiger partial charge in [-0.25, -0.2) is 9.38 Å². The first-order valence-electron chi connectivity index (χ1n) is 10.9. The van der Waals surface area contributed by atoms with Crippen molar-refractivity contribution in [3.8, 4) is 11.5 Å². The Morgan fingerprint density at radius 1 is 1.03 bits per heavy atom. The zero-order chi connectivity index (χ0) is 26.2. The highest BCUT2D eigenvalue weighted by molar-refractivity contribution is 7.15. The molecule has 0 fully saturated rings. The summed E-state index contributed by atoms with van der Waals surface area (Å²) < 4.78 is 11.1. The number of thiazole rings is 1. The Hall–Kier alpha value is -3.30. The van der Waals surface area contributed by atoms with E-state index in [0.29, 0.717) is 26.6 Å². The number of hydrogen-bond donors (Lipinski definition) is 1. The summed E-state index contributed by atoms with van der Waals surface area (Å²) in [6, 6.07) is 20.8. The molecule has 1 unspecified atom stereocenters. The molecule has 1 atom stereocenters. The van der Waals surface area contributed by atoms with Crippen LogP contribution in [-0.2, 0) is 0 Å². The maximum absolute atomic E-state index is 13.0. The van der Waals surface area contributed by atoms with Crippen molar-refractivity contribution < 1.29 is 14.3 Å². The topological polar surface area (TPSA) is 81.9 Å². The molecule has 0 aliphatic heterocycles. The molecule has 0 aliphatic rings. The second kappa shape index (κ2) is 10.2. The van der Waals surface area contributed by atoms with Gasteiger partial charge < -0.3 is 14.8 Å². The lowest BCUT2D eigenvalue weighted by Gasteiger charge is -2.26. The number of nitrogens with zero attached hydrogens (tertiary/aromatic N) is 2. The van der Waals surface area contributed by atoms with Gasteiger partial charge in [-0.2, -0.15) is 0 Å². The number of ether oxygens (including phenoxy) is 2. The quantitative estimate of drug-likeness (QED) is 0.229. The Bertz CT molecular complexity index is 1690. The number of methoxy groups -OCH3 is 1.